The van der Waals surface area contributed by atoms with Crippen LogP contribution in [-0.2, 0) is 25.5 Å². The molecule has 28 heavy (non-hydrogen) atoms. The van der Waals surface area contributed by atoms with E-state index in [2.05, 4.69) is 5.32 Å². The van der Waals surface area contributed by atoms with Crippen molar-refractivity contribution in [3.8, 4) is 0 Å². The van der Waals surface area contributed by atoms with Gasteiger partial charge in [0, 0.05) is 25.4 Å². The normalized spacial score (nSPS) is 19.2. The second-order valence-corrected chi connectivity index (χ2v) is 7.90. The van der Waals surface area contributed by atoms with Crippen molar-refractivity contribution in [2.45, 2.75) is 45.4 Å². The summed E-state index contributed by atoms with van der Waals surface area (Å²) in [5.74, 6) is -0.172. The fraction of sp³-hybridized carbons (Fsp3) is 0.591. The summed E-state index contributed by atoms with van der Waals surface area (Å²) in [6.45, 7) is 3.74. The van der Waals surface area contributed by atoms with Crippen LogP contribution in [0.3, 0.4) is 0 Å². The van der Waals surface area contributed by atoms with Crippen molar-refractivity contribution in [3.05, 3.63) is 35.4 Å². The maximum atomic E-state index is 12.3. The standard InChI is InChI=1S/C22H30N2O4/c1-16-4-6-17(7-5-16)8-11-20(25)23-12-14-28-22(27)19-3-2-13-24(15-19)21(26)18-9-10-18/h4-7,18-19H,2-3,8-15H2,1H3,(H,23,25). The summed E-state index contributed by atoms with van der Waals surface area (Å²) in [5.41, 5.74) is 2.34. The summed E-state index contributed by atoms with van der Waals surface area (Å²) in [5, 5.41) is 2.79. The number of ether oxygens (including phenoxy) is 1. The van der Waals surface area contributed by atoms with Gasteiger partial charge in [-0.3, -0.25) is 14.4 Å². The van der Waals surface area contributed by atoms with Crippen LogP contribution in [0.15, 0.2) is 24.3 Å². The third-order valence-corrected chi connectivity index (χ3v) is 5.42. The highest BCUT2D eigenvalue weighted by atomic mass is 16.5. The summed E-state index contributed by atoms with van der Waals surface area (Å²) in [6, 6.07) is 8.15. The van der Waals surface area contributed by atoms with Gasteiger partial charge in [-0.1, -0.05) is 29.8 Å². The monoisotopic (exact) mass is 386 g/mol. The zero-order valence-electron chi connectivity index (χ0n) is 16.6. The highest BCUT2D eigenvalue weighted by Gasteiger charge is 2.37. The number of likely N-dealkylation sites (tertiary alicyclic amines) is 1. The molecule has 1 heterocycles. The Labute approximate surface area is 166 Å². The predicted molar refractivity (Wildman–Crippen MR) is 105 cm³/mol. The molecule has 0 radical (unpaired) electrons. The Bertz CT molecular complexity index is 697. The minimum atomic E-state index is -0.262. The second kappa shape index (κ2) is 9.71. The van der Waals surface area contributed by atoms with Crippen molar-refractivity contribution < 1.29 is 19.1 Å². The number of carbonyl (C=O) groups is 3. The van der Waals surface area contributed by atoms with E-state index in [1.807, 2.05) is 36.1 Å². The third kappa shape index (κ3) is 6.08. The molecule has 1 aromatic carbocycles. The average molecular weight is 386 g/mol. The molecule has 0 bridgehead atoms. The Kier molecular flexibility index (Phi) is 7.06. The maximum Gasteiger partial charge on any atom is 0.310 e. The van der Waals surface area contributed by atoms with Crippen molar-refractivity contribution in [1.82, 2.24) is 10.2 Å². The molecule has 1 saturated heterocycles. The molecule has 1 N–H and O–H groups in total. The van der Waals surface area contributed by atoms with E-state index in [0.29, 0.717) is 25.9 Å². The number of nitrogens with zero attached hydrogens (tertiary/aromatic N) is 1. The van der Waals surface area contributed by atoms with Gasteiger partial charge < -0.3 is 15.0 Å². The van der Waals surface area contributed by atoms with Gasteiger partial charge in [0.1, 0.15) is 6.61 Å². The Morgan fingerprint density at radius 1 is 1.11 bits per heavy atom. The molecule has 1 aliphatic heterocycles. The Morgan fingerprint density at radius 2 is 1.86 bits per heavy atom. The van der Waals surface area contributed by atoms with Crippen LogP contribution < -0.4 is 5.32 Å². The molecular weight excluding hydrogens is 356 g/mol. The second-order valence-electron chi connectivity index (χ2n) is 7.90. The van der Waals surface area contributed by atoms with Gasteiger partial charge in [-0.05, 0) is 44.6 Å². The molecule has 3 rings (SSSR count). The fourth-order valence-corrected chi connectivity index (χ4v) is 3.52. The van der Waals surface area contributed by atoms with Crippen molar-refractivity contribution in [2.75, 3.05) is 26.2 Å². The molecule has 1 aliphatic carbocycles. The number of aryl methyl sites for hydroxylation is 2. The Hall–Kier alpha value is -2.37. The number of carbonyl (C=O) groups excluding carboxylic acids is 3. The first-order valence-corrected chi connectivity index (χ1v) is 10.3. The van der Waals surface area contributed by atoms with Crippen molar-refractivity contribution in [3.63, 3.8) is 0 Å². The molecule has 0 aromatic heterocycles. The van der Waals surface area contributed by atoms with Gasteiger partial charge in [0.05, 0.1) is 12.5 Å². The molecule has 152 valence electrons. The van der Waals surface area contributed by atoms with E-state index in [1.54, 1.807) is 0 Å². The summed E-state index contributed by atoms with van der Waals surface area (Å²) in [6.07, 6.45) is 4.67. The van der Waals surface area contributed by atoms with Gasteiger partial charge in [-0.15, -0.1) is 0 Å². The van der Waals surface area contributed by atoms with Crippen LogP contribution in [0.2, 0.25) is 0 Å². The van der Waals surface area contributed by atoms with Crippen LogP contribution >= 0.6 is 0 Å². The average Bonchev–Trinajstić information content (AvgIpc) is 3.55. The summed E-state index contributed by atoms with van der Waals surface area (Å²) >= 11 is 0. The van der Waals surface area contributed by atoms with Crippen LogP contribution in [0, 0.1) is 18.8 Å². The largest absolute Gasteiger partial charge is 0.464 e. The van der Waals surface area contributed by atoms with E-state index in [-0.39, 0.29) is 36.2 Å². The highest BCUT2D eigenvalue weighted by Crippen LogP contribution is 2.32. The zero-order chi connectivity index (χ0) is 19.9. The minimum Gasteiger partial charge on any atom is -0.464 e. The van der Waals surface area contributed by atoms with Crippen LogP contribution in [0.25, 0.3) is 0 Å². The molecule has 6 heteroatoms. The lowest BCUT2D eigenvalue weighted by Gasteiger charge is -2.31. The lowest BCUT2D eigenvalue weighted by atomic mass is 9.98. The lowest BCUT2D eigenvalue weighted by Crippen LogP contribution is -2.43. The Morgan fingerprint density at radius 3 is 2.57 bits per heavy atom. The van der Waals surface area contributed by atoms with Crippen molar-refractivity contribution in [1.29, 1.82) is 0 Å². The van der Waals surface area contributed by atoms with Crippen molar-refractivity contribution >= 4 is 17.8 Å². The van der Waals surface area contributed by atoms with E-state index in [4.69, 9.17) is 4.74 Å². The molecule has 6 nitrogen and oxygen atoms in total. The zero-order valence-corrected chi connectivity index (χ0v) is 16.6. The van der Waals surface area contributed by atoms with Crippen molar-refractivity contribution in [2.24, 2.45) is 11.8 Å². The summed E-state index contributed by atoms with van der Waals surface area (Å²) in [7, 11) is 0. The molecule has 2 fully saturated rings. The third-order valence-electron chi connectivity index (χ3n) is 5.42. The van der Waals surface area contributed by atoms with E-state index in [1.165, 1.54) is 5.56 Å². The van der Waals surface area contributed by atoms with E-state index in [0.717, 1.165) is 37.8 Å². The fourth-order valence-electron chi connectivity index (χ4n) is 3.52. The first kappa shape index (κ1) is 20.4. The highest BCUT2D eigenvalue weighted by molar-refractivity contribution is 5.82. The van der Waals surface area contributed by atoms with E-state index >= 15 is 0 Å². The first-order valence-electron chi connectivity index (χ1n) is 10.3. The number of benzene rings is 1. The SMILES string of the molecule is Cc1ccc(CCC(=O)NCCOC(=O)C2CCCN(C(=O)C3CC3)C2)cc1. The Balaban J connectivity index is 1.29. The summed E-state index contributed by atoms with van der Waals surface area (Å²) in [4.78, 5) is 38.2. The molecule has 1 unspecified atom stereocenters. The topological polar surface area (TPSA) is 75.7 Å². The molecule has 1 aromatic rings. The number of nitrogens with one attached hydrogen (secondary N) is 1. The smallest absolute Gasteiger partial charge is 0.310 e. The maximum absolute atomic E-state index is 12.3. The molecule has 1 atom stereocenters. The van der Waals surface area contributed by atoms with E-state index < -0.39 is 0 Å². The lowest BCUT2D eigenvalue weighted by molar-refractivity contribution is -0.152. The number of hydrogen-bond donors (Lipinski definition) is 1. The molecule has 1 saturated carbocycles. The number of amides is 2. The van der Waals surface area contributed by atoms with E-state index in [9.17, 15) is 14.4 Å². The van der Waals surface area contributed by atoms with Gasteiger partial charge in [0.25, 0.3) is 0 Å². The quantitative estimate of drug-likeness (QED) is 0.549. The number of esters is 1. The molecule has 0 spiro atoms. The van der Waals surface area contributed by atoms with Gasteiger partial charge in [0.15, 0.2) is 0 Å². The van der Waals surface area contributed by atoms with Gasteiger partial charge >= 0.3 is 5.97 Å². The first-order chi connectivity index (χ1) is 13.5. The number of piperidine rings is 1. The van der Waals surface area contributed by atoms with Gasteiger partial charge in [0.2, 0.25) is 11.8 Å². The summed E-state index contributed by atoms with van der Waals surface area (Å²) < 4.78 is 5.32. The predicted octanol–water partition coefficient (Wildman–Crippen LogP) is 2.24. The number of hydrogen-bond acceptors (Lipinski definition) is 4. The van der Waals surface area contributed by atoms with Crippen LogP contribution in [0.5, 0.6) is 0 Å². The molecular formula is C22H30N2O4. The van der Waals surface area contributed by atoms with Gasteiger partial charge in [-0.2, -0.15) is 0 Å². The molecule has 2 aliphatic rings. The van der Waals surface area contributed by atoms with Crippen LogP contribution in [0.1, 0.15) is 43.2 Å². The number of rotatable bonds is 8. The molecule has 2 amide bonds. The van der Waals surface area contributed by atoms with Crippen LogP contribution in [0.4, 0.5) is 0 Å². The van der Waals surface area contributed by atoms with Gasteiger partial charge in [-0.25, -0.2) is 0 Å². The van der Waals surface area contributed by atoms with Crippen LogP contribution in [-0.4, -0.2) is 48.9 Å². The minimum absolute atomic E-state index is 0.0458.